The van der Waals surface area contributed by atoms with Gasteiger partial charge in [0.05, 0.1) is 17.6 Å². The Morgan fingerprint density at radius 2 is 2.07 bits per heavy atom. The van der Waals surface area contributed by atoms with Crippen molar-refractivity contribution in [3.8, 4) is 0 Å². The number of fused-ring (bicyclic) bond motifs is 2. The first-order valence-corrected chi connectivity index (χ1v) is 10.2. The van der Waals surface area contributed by atoms with Crippen molar-refractivity contribution in [1.29, 1.82) is 0 Å². The Balaban J connectivity index is 1.72. The summed E-state index contributed by atoms with van der Waals surface area (Å²) in [6, 6.07) is 13.2. The minimum atomic E-state index is -0.363. The van der Waals surface area contributed by atoms with Gasteiger partial charge in [0, 0.05) is 35.9 Å². The fraction of sp³-hybridized carbons (Fsp3) is 0.238. The van der Waals surface area contributed by atoms with E-state index < -0.39 is 0 Å². The zero-order valence-corrected chi connectivity index (χ0v) is 17.1. The quantitative estimate of drug-likeness (QED) is 0.326. The number of rotatable bonds is 6. The standard InChI is InChI=1S/C21H19ClN2O3S/c1-13-9-19-15(11-16(13)22)14(10-20(25)27-19)12-28-21-23-17-5-3-4-6-18(17)24(21)7-8-26-2/h3-6,9-11H,7-8,12H2,1-2H3. The molecule has 0 unspecified atom stereocenters. The van der Waals surface area contributed by atoms with Crippen LogP contribution in [-0.2, 0) is 17.0 Å². The zero-order valence-electron chi connectivity index (χ0n) is 15.6. The van der Waals surface area contributed by atoms with Crippen molar-refractivity contribution in [3.05, 3.63) is 69.0 Å². The first kappa shape index (κ1) is 19.1. The lowest BCUT2D eigenvalue weighted by Crippen LogP contribution is -2.06. The van der Waals surface area contributed by atoms with Gasteiger partial charge >= 0.3 is 5.63 Å². The Labute approximate surface area is 171 Å². The number of aryl methyl sites for hydroxylation is 1. The Hall–Kier alpha value is -2.28. The molecule has 0 spiro atoms. The highest BCUT2D eigenvalue weighted by Gasteiger charge is 2.14. The highest BCUT2D eigenvalue weighted by Crippen LogP contribution is 2.31. The highest BCUT2D eigenvalue weighted by atomic mass is 35.5. The molecule has 0 amide bonds. The van der Waals surface area contributed by atoms with Crippen LogP contribution in [0.5, 0.6) is 0 Å². The topological polar surface area (TPSA) is 57.3 Å². The average molecular weight is 415 g/mol. The lowest BCUT2D eigenvalue weighted by Gasteiger charge is -2.10. The molecule has 7 heteroatoms. The molecular weight excluding hydrogens is 396 g/mol. The van der Waals surface area contributed by atoms with E-state index in [0.717, 1.165) is 32.7 Å². The Morgan fingerprint density at radius 3 is 2.89 bits per heavy atom. The Morgan fingerprint density at radius 1 is 1.25 bits per heavy atom. The first-order chi connectivity index (χ1) is 13.6. The third-order valence-electron chi connectivity index (χ3n) is 4.60. The molecule has 4 rings (SSSR count). The molecule has 2 aromatic heterocycles. The largest absolute Gasteiger partial charge is 0.423 e. The number of hydrogen-bond donors (Lipinski definition) is 0. The van der Waals surface area contributed by atoms with Crippen molar-refractivity contribution in [2.75, 3.05) is 13.7 Å². The third kappa shape index (κ3) is 3.68. The van der Waals surface area contributed by atoms with E-state index in [0.29, 0.717) is 29.5 Å². The van der Waals surface area contributed by atoms with Crippen LogP contribution in [0.1, 0.15) is 11.1 Å². The van der Waals surface area contributed by atoms with Crippen LogP contribution in [0.4, 0.5) is 0 Å². The summed E-state index contributed by atoms with van der Waals surface area (Å²) in [5.41, 5.74) is 3.96. The van der Waals surface area contributed by atoms with Crippen molar-refractivity contribution in [2.24, 2.45) is 0 Å². The average Bonchev–Trinajstić information content (AvgIpc) is 3.03. The number of ether oxygens (including phenoxy) is 1. The smallest absolute Gasteiger partial charge is 0.336 e. The summed E-state index contributed by atoms with van der Waals surface area (Å²) in [4.78, 5) is 16.8. The van der Waals surface area contributed by atoms with Crippen molar-refractivity contribution in [1.82, 2.24) is 9.55 Å². The van der Waals surface area contributed by atoms with Crippen LogP contribution >= 0.6 is 23.4 Å². The van der Waals surface area contributed by atoms with Gasteiger partial charge in [0.25, 0.3) is 0 Å². The molecule has 0 fully saturated rings. The van der Waals surface area contributed by atoms with Crippen LogP contribution in [-0.4, -0.2) is 23.3 Å². The molecule has 0 N–H and O–H groups in total. The molecule has 0 aliphatic heterocycles. The second kappa shape index (κ2) is 7.99. The predicted octanol–water partition coefficient (Wildman–Crippen LogP) is 5.04. The van der Waals surface area contributed by atoms with E-state index in [1.165, 1.54) is 6.07 Å². The van der Waals surface area contributed by atoms with Crippen LogP contribution in [0.3, 0.4) is 0 Å². The molecule has 0 saturated heterocycles. The summed E-state index contributed by atoms with van der Waals surface area (Å²) in [7, 11) is 1.69. The summed E-state index contributed by atoms with van der Waals surface area (Å²) in [5, 5.41) is 2.39. The third-order valence-corrected chi connectivity index (χ3v) is 6.04. The van der Waals surface area contributed by atoms with Crippen molar-refractivity contribution < 1.29 is 9.15 Å². The molecule has 2 aromatic carbocycles. The summed E-state index contributed by atoms with van der Waals surface area (Å²) < 4.78 is 12.8. The maximum atomic E-state index is 12.0. The zero-order chi connectivity index (χ0) is 19.7. The van der Waals surface area contributed by atoms with Gasteiger partial charge < -0.3 is 13.7 Å². The molecule has 0 radical (unpaired) electrons. The number of imidazole rings is 1. The van der Waals surface area contributed by atoms with Gasteiger partial charge in [-0.15, -0.1) is 0 Å². The fourth-order valence-corrected chi connectivity index (χ4v) is 4.37. The van der Waals surface area contributed by atoms with Gasteiger partial charge in [-0.05, 0) is 42.3 Å². The monoisotopic (exact) mass is 414 g/mol. The van der Waals surface area contributed by atoms with Gasteiger partial charge in [-0.1, -0.05) is 35.5 Å². The van der Waals surface area contributed by atoms with E-state index in [1.54, 1.807) is 24.9 Å². The predicted molar refractivity (Wildman–Crippen MR) is 113 cm³/mol. The number of methoxy groups -OCH3 is 1. The number of thioether (sulfide) groups is 1. The van der Waals surface area contributed by atoms with Crippen LogP contribution in [0.25, 0.3) is 22.0 Å². The molecule has 2 heterocycles. The SMILES string of the molecule is COCCn1c(SCc2cc(=O)oc3cc(C)c(Cl)cc23)nc2ccccc21. The van der Waals surface area contributed by atoms with Crippen LogP contribution in [0.15, 0.2) is 56.8 Å². The van der Waals surface area contributed by atoms with Crippen LogP contribution < -0.4 is 5.63 Å². The van der Waals surface area contributed by atoms with Crippen molar-refractivity contribution in [3.63, 3.8) is 0 Å². The van der Waals surface area contributed by atoms with Crippen molar-refractivity contribution >= 4 is 45.4 Å². The second-order valence-electron chi connectivity index (χ2n) is 6.50. The second-order valence-corrected chi connectivity index (χ2v) is 7.85. The van der Waals surface area contributed by atoms with Crippen LogP contribution in [0.2, 0.25) is 5.02 Å². The molecule has 0 aliphatic carbocycles. The normalized spacial score (nSPS) is 11.5. The minimum absolute atomic E-state index is 0.363. The molecule has 4 aromatic rings. The number of nitrogens with zero attached hydrogens (tertiary/aromatic N) is 2. The number of aromatic nitrogens is 2. The fourth-order valence-electron chi connectivity index (χ4n) is 3.17. The Kier molecular flexibility index (Phi) is 5.44. The van der Waals surface area contributed by atoms with Gasteiger partial charge in [-0.2, -0.15) is 0 Å². The van der Waals surface area contributed by atoms with Crippen molar-refractivity contribution in [2.45, 2.75) is 24.4 Å². The van der Waals surface area contributed by atoms with E-state index in [4.69, 9.17) is 25.7 Å². The maximum Gasteiger partial charge on any atom is 0.336 e. The van der Waals surface area contributed by atoms with Gasteiger partial charge in [-0.3, -0.25) is 0 Å². The van der Waals surface area contributed by atoms with Crippen LogP contribution in [0, 0.1) is 6.92 Å². The van der Waals surface area contributed by atoms with E-state index in [9.17, 15) is 4.79 Å². The minimum Gasteiger partial charge on any atom is -0.423 e. The molecule has 5 nitrogen and oxygen atoms in total. The first-order valence-electron chi connectivity index (χ1n) is 8.86. The summed E-state index contributed by atoms with van der Waals surface area (Å²) >= 11 is 7.88. The van der Waals surface area contributed by atoms with E-state index in [-0.39, 0.29) is 5.63 Å². The van der Waals surface area contributed by atoms with Gasteiger partial charge in [0.1, 0.15) is 5.58 Å². The van der Waals surface area contributed by atoms with Gasteiger partial charge in [-0.25, -0.2) is 9.78 Å². The van der Waals surface area contributed by atoms with E-state index >= 15 is 0 Å². The summed E-state index contributed by atoms with van der Waals surface area (Å²) in [5.74, 6) is 0.581. The van der Waals surface area contributed by atoms with Gasteiger partial charge in [0.2, 0.25) is 0 Å². The molecule has 0 atom stereocenters. The Bertz CT molecular complexity index is 1220. The lowest BCUT2D eigenvalue weighted by molar-refractivity contribution is 0.186. The highest BCUT2D eigenvalue weighted by molar-refractivity contribution is 7.98. The summed E-state index contributed by atoms with van der Waals surface area (Å²) in [6.07, 6.45) is 0. The number of para-hydroxylation sites is 2. The van der Waals surface area contributed by atoms with Gasteiger partial charge in [0.15, 0.2) is 5.16 Å². The molecular formula is C21H19ClN2O3S. The molecule has 0 aliphatic rings. The number of benzene rings is 2. The van der Waals surface area contributed by atoms with E-state index in [2.05, 4.69) is 10.6 Å². The van der Waals surface area contributed by atoms with E-state index in [1.807, 2.05) is 31.2 Å². The molecule has 28 heavy (non-hydrogen) atoms. The molecule has 0 bridgehead atoms. The maximum absolute atomic E-state index is 12.0. The lowest BCUT2D eigenvalue weighted by atomic mass is 10.1. The molecule has 144 valence electrons. The number of halogens is 1. The summed E-state index contributed by atoms with van der Waals surface area (Å²) in [6.45, 7) is 3.20. The number of hydrogen-bond acceptors (Lipinski definition) is 5. The molecule has 0 saturated carbocycles.